The van der Waals surface area contributed by atoms with Gasteiger partial charge in [0.05, 0.1) is 0 Å². The molecule has 2 rings (SSSR count). The van der Waals surface area contributed by atoms with Crippen LogP contribution in [0.2, 0.25) is 0 Å². The van der Waals surface area contributed by atoms with Crippen LogP contribution in [0.4, 0.5) is 5.69 Å². The average Bonchev–Trinajstić information content (AvgIpc) is 2.46. The van der Waals surface area contributed by atoms with Gasteiger partial charge in [-0.3, -0.25) is 0 Å². The standard InChI is InChI=1S/C18H23NO2/c1-13-5-4-6-18(9-13)21-12-17(20)11-19-16-8-7-14(2)15(3)10-16/h4-10,17,19-20H,11-12H2,1-3H3. The van der Waals surface area contributed by atoms with E-state index in [0.717, 1.165) is 17.0 Å². The Morgan fingerprint density at radius 1 is 1.05 bits per heavy atom. The third kappa shape index (κ3) is 4.80. The Balaban J connectivity index is 1.79. The number of nitrogens with one attached hydrogen (secondary N) is 1. The number of hydrogen-bond donors (Lipinski definition) is 2. The number of ether oxygens (including phenoxy) is 1. The van der Waals surface area contributed by atoms with Gasteiger partial charge in [0, 0.05) is 12.2 Å². The zero-order chi connectivity index (χ0) is 15.2. The van der Waals surface area contributed by atoms with Gasteiger partial charge in [-0.15, -0.1) is 0 Å². The van der Waals surface area contributed by atoms with Crippen molar-refractivity contribution in [1.82, 2.24) is 0 Å². The summed E-state index contributed by atoms with van der Waals surface area (Å²) in [4.78, 5) is 0. The molecule has 0 spiro atoms. The van der Waals surface area contributed by atoms with Crippen molar-refractivity contribution < 1.29 is 9.84 Å². The normalized spacial score (nSPS) is 12.0. The lowest BCUT2D eigenvalue weighted by atomic mass is 10.1. The van der Waals surface area contributed by atoms with Crippen molar-refractivity contribution in [3.63, 3.8) is 0 Å². The van der Waals surface area contributed by atoms with Gasteiger partial charge in [0.15, 0.2) is 0 Å². The molecule has 0 radical (unpaired) electrons. The van der Waals surface area contributed by atoms with Crippen LogP contribution in [-0.2, 0) is 0 Å². The van der Waals surface area contributed by atoms with Crippen LogP contribution < -0.4 is 10.1 Å². The molecule has 0 aromatic heterocycles. The fourth-order valence-corrected chi connectivity index (χ4v) is 2.04. The second-order valence-electron chi connectivity index (χ2n) is 5.46. The molecule has 0 fully saturated rings. The maximum atomic E-state index is 9.98. The lowest BCUT2D eigenvalue weighted by Crippen LogP contribution is -2.26. The van der Waals surface area contributed by atoms with Crippen molar-refractivity contribution in [2.45, 2.75) is 26.9 Å². The summed E-state index contributed by atoms with van der Waals surface area (Å²) in [7, 11) is 0. The van der Waals surface area contributed by atoms with E-state index in [1.807, 2.05) is 37.3 Å². The molecule has 0 aliphatic rings. The Labute approximate surface area is 126 Å². The third-order valence-corrected chi connectivity index (χ3v) is 3.48. The molecule has 112 valence electrons. The van der Waals surface area contributed by atoms with E-state index in [1.54, 1.807) is 0 Å². The minimum absolute atomic E-state index is 0.279. The van der Waals surface area contributed by atoms with Crippen molar-refractivity contribution in [3.05, 3.63) is 59.2 Å². The lowest BCUT2D eigenvalue weighted by Gasteiger charge is -2.15. The van der Waals surface area contributed by atoms with Gasteiger partial charge < -0.3 is 15.2 Å². The molecule has 3 heteroatoms. The predicted octanol–water partition coefficient (Wildman–Crippen LogP) is 3.46. The molecule has 0 saturated heterocycles. The summed E-state index contributed by atoms with van der Waals surface area (Å²) in [5.74, 6) is 0.792. The van der Waals surface area contributed by atoms with Gasteiger partial charge in [0.1, 0.15) is 18.5 Å². The molecule has 1 atom stereocenters. The first kappa shape index (κ1) is 15.4. The Kier molecular flexibility index (Phi) is 5.23. The SMILES string of the molecule is Cc1cccc(OCC(O)CNc2ccc(C)c(C)c2)c1. The van der Waals surface area contributed by atoms with Crippen LogP contribution >= 0.6 is 0 Å². The van der Waals surface area contributed by atoms with Gasteiger partial charge in [0.2, 0.25) is 0 Å². The number of aliphatic hydroxyl groups is 1. The van der Waals surface area contributed by atoms with Crippen molar-refractivity contribution in [1.29, 1.82) is 0 Å². The maximum Gasteiger partial charge on any atom is 0.119 e. The second kappa shape index (κ2) is 7.14. The molecule has 0 saturated carbocycles. The number of benzene rings is 2. The molecule has 1 unspecified atom stereocenters. The highest BCUT2D eigenvalue weighted by Gasteiger charge is 2.06. The van der Waals surface area contributed by atoms with Gasteiger partial charge in [-0.1, -0.05) is 18.2 Å². The van der Waals surface area contributed by atoms with Crippen LogP contribution in [0, 0.1) is 20.8 Å². The van der Waals surface area contributed by atoms with Gasteiger partial charge in [-0.25, -0.2) is 0 Å². The molecule has 2 aromatic rings. The predicted molar refractivity (Wildman–Crippen MR) is 87.1 cm³/mol. The molecular formula is C18H23NO2. The molecule has 0 aliphatic carbocycles. The number of hydrogen-bond acceptors (Lipinski definition) is 3. The van der Waals surface area contributed by atoms with Gasteiger partial charge in [-0.05, 0) is 61.7 Å². The highest BCUT2D eigenvalue weighted by molar-refractivity contribution is 5.48. The Hall–Kier alpha value is -2.00. The van der Waals surface area contributed by atoms with Crippen molar-refractivity contribution in [2.75, 3.05) is 18.5 Å². The Bertz CT molecular complexity index is 596. The topological polar surface area (TPSA) is 41.5 Å². The molecule has 2 aromatic carbocycles. The number of aliphatic hydroxyl groups excluding tert-OH is 1. The Morgan fingerprint density at radius 2 is 1.86 bits per heavy atom. The minimum Gasteiger partial charge on any atom is -0.491 e. The maximum absolute atomic E-state index is 9.98. The van der Waals surface area contributed by atoms with E-state index in [-0.39, 0.29) is 6.61 Å². The summed E-state index contributed by atoms with van der Waals surface area (Å²) in [6.45, 7) is 6.93. The lowest BCUT2D eigenvalue weighted by molar-refractivity contribution is 0.117. The van der Waals surface area contributed by atoms with Crippen LogP contribution in [0.25, 0.3) is 0 Å². The van der Waals surface area contributed by atoms with E-state index in [4.69, 9.17) is 4.74 Å². The highest BCUT2D eigenvalue weighted by Crippen LogP contribution is 2.15. The molecule has 0 aliphatic heterocycles. The van der Waals surface area contributed by atoms with Gasteiger partial charge in [0.25, 0.3) is 0 Å². The molecule has 0 heterocycles. The fraction of sp³-hybridized carbons (Fsp3) is 0.333. The first-order chi connectivity index (χ1) is 10.0. The minimum atomic E-state index is -0.549. The van der Waals surface area contributed by atoms with Gasteiger partial charge >= 0.3 is 0 Å². The monoisotopic (exact) mass is 285 g/mol. The largest absolute Gasteiger partial charge is 0.491 e. The summed E-state index contributed by atoms with van der Waals surface area (Å²) in [6, 6.07) is 14.0. The number of rotatable bonds is 6. The van der Waals surface area contributed by atoms with E-state index in [1.165, 1.54) is 11.1 Å². The van der Waals surface area contributed by atoms with Crippen LogP contribution in [0.5, 0.6) is 5.75 Å². The molecule has 0 bridgehead atoms. The zero-order valence-electron chi connectivity index (χ0n) is 12.9. The highest BCUT2D eigenvalue weighted by atomic mass is 16.5. The first-order valence-corrected chi connectivity index (χ1v) is 7.23. The summed E-state index contributed by atoms with van der Waals surface area (Å²) in [5.41, 5.74) is 4.68. The number of anilines is 1. The van der Waals surface area contributed by atoms with Crippen LogP contribution in [0.3, 0.4) is 0 Å². The van der Waals surface area contributed by atoms with E-state index in [9.17, 15) is 5.11 Å². The van der Waals surface area contributed by atoms with Crippen molar-refractivity contribution in [2.24, 2.45) is 0 Å². The molecular weight excluding hydrogens is 262 g/mol. The number of aryl methyl sites for hydroxylation is 3. The van der Waals surface area contributed by atoms with Crippen LogP contribution in [0.15, 0.2) is 42.5 Å². The van der Waals surface area contributed by atoms with E-state index >= 15 is 0 Å². The second-order valence-corrected chi connectivity index (χ2v) is 5.46. The van der Waals surface area contributed by atoms with E-state index in [2.05, 4.69) is 31.3 Å². The molecule has 3 nitrogen and oxygen atoms in total. The summed E-state index contributed by atoms with van der Waals surface area (Å²) >= 11 is 0. The van der Waals surface area contributed by atoms with Crippen LogP contribution in [0.1, 0.15) is 16.7 Å². The molecule has 2 N–H and O–H groups in total. The summed E-state index contributed by atoms with van der Waals surface area (Å²) < 4.78 is 5.59. The third-order valence-electron chi connectivity index (χ3n) is 3.48. The van der Waals surface area contributed by atoms with Crippen molar-refractivity contribution in [3.8, 4) is 5.75 Å². The summed E-state index contributed by atoms with van der Waals surface area (Å²) in [5, 5.41) is 13.2. The molecule has 0 amide bonds. The van der Waals surface area contributed by atoms with E-state index < -0.39 is 6.10 Å². The fourth-order valence-electron chi connectivity index (χ4n) is 2.04. The first-order valence-electron chi connectivity index (χ1n) is 7.23. The van der Waals surface area contributed by atoms with Crippen molar-refractivity contribution >= 4 is 5.69 Å². The summed E-state index contributed by atoms with van der Waals surface area (Å²) in [6.07, 6.45) is -0.549. The Morgan fingerprint density at radius 3 is 2.57 bits per heavy atom. The molecule has 21 heavy (non-hydrogen) atoms. The average molecular weight is 285 g/mol. The van der Waals surface area contributed by atoms with Crippen LogP contribution in [-0.4, -0.2) is 24.4 Å². The quantitative estimate of drug-likeness (QED) is 0.854. The van der Waals surface area contributed by atoms with Gasteiger partial charge in [-0.2, -0.15) is 0 Å². The zero-order valence-corrected chi connectivity index (χ0v) is 12.9. The van der Waals surface area contributed by atoms with E-state index in [0.29, 0.717) is 6.54 Å². The smallest absolute Gasteiger partial charge is 0.119 e.